The van der Waals surface area contributed by atoms with Crippen molar-refractivity contribution in [3.8, 4) is 0 Å². The predicted molar refractivity (Wildman–Crippen MR) is 78.2 cm³/mol. The molecule has 6 heteroatoms. The highest BCUT2D eigenvalue weighted by Gasteiger charge is 2.30. The van der Waals surface area contributed by atoms with Gasteiger partial charge in [-0.25, -0.2) is 4.98 Å². The average Bonchev–Trinajstić information content (AvgIpc) is 2.48. The molecular formula is C16H13F3N2O. The number of aryl methyl sites for hydroxylation is 1. The second kappa shape index (κ2) is 6.01. The maximum atomic E-state index is 12.8. The summed E-state index contributed by atoms with van der Waals surface area (Å²) in [5.74, 6) is -0.171. The van der Waals surface area contributed by atoms with E-state index in [0.29, 0.717) is 5.56 Å². The molecule has 1 aromatic carbocycles. The number of carbonyl (C=O) groups excluding carboxylic acids is 1. The van der Waals surface area contributed by atoms with Crippen molar-refractivity contribution < 1.29 is 18.0 Å². The fourth-order valence-corrected chi connectivity index (χ4v) is 1.87. The first-order valence-corrected chi connectivity index (χ1v) is 6.39. The van der Waals surface area contributed by atoms with Crippen molar-refractivity contribution in [2.75, 3.05) is 5.32 Å². The highest BCUT2D eigenvalue weighted by atomic mass is 19.4. The van der Waals surface area contributed by atoms with Crippen LogP contribution >= 0.6 is 0 Å². The minimum absolute atomic E-state index is 0.190. The third kappa shape index (κ3) is 3.33. The molecule has 1 aromatic heterocycles. The number of ketones is 1. The van der Waals surface area contributed by atoms with Crippen LogP contribution in [0.2, 0.25) is 0 Å². The van der Waals surface area contributed by atoms with E-state index < -0.39 is 11.7 Å². The van der Waals surface area contributed by atoms with Crippen LogP contribution in [0.5, 0.6) is 0 Å². The summed E-state index contributed by atoms with van der Waals surface area (Å²) in [6, 6.07) is 6.47. The van der Waals surface area contributed by atoms with Crippen molar-refractivity contribution in [2.24, 2.45) is 0 Å². The molecule has 0 atom stereocenters. The van der Waals surface area contributed by atoms with Crippen LogP contribution in [0.15, 0.2) is 49.2 Å². The molecule has 3 nitrogen and oxygen atoms in total. The van der Waals surface area contributed by atoms with Crippen molar-refractivity contribution in [2.45, 2.75) is 13.1 Å². The first-order chi connectivity index (χ1) is 10.3. The number of anilines is 2. The minimum atomic E-state index is -4.44. The van der Waals surface area contributed by atoms with Crippen LogP contribution in [0.25, 0.3) is 0 Å². The van der Waals surface area contributed by atoms with E-state index in [2.05, 4.69) is 16.9 Å². The monoisotopic (exact) mass is 306 g/mol. The first-order valence-electron chi connectivity index (χ1n) is 6.39. The van der Waals surface area contributed by atoms with Gasteiger partial charge in [0.2, 0.25) is 0 Å². The van der Waals surface area contributed by atoms with E-state index in [-0.39, 0.29) is 22.9 Å². The zero-order valence-electron chi connectivity index (χ0n) is 11.7. The minimum Gasteiger partial charge on any atom is -0.339 e. The number of benzene rings is 1. The lowest BCUT2D eigenvalue weighted by molar-refractivity contribution is -0.137. The van der Waals surface area contributed by atoms with Gasteiger partial charge in [-0.05, 0) is 42.8 Å². The summed E-state index contributed by atoms with van der Waals surface area (Å²) in [6.45, 7) is 5.06. The van der Waals surface area contributed by atoms with Crippen molar-refractivity contribution in [1.29, 1.82) is 0 Å². The summed E-state index contributed by atoms with van der Waals surface area (Å²) in [4.78, 5) is 15.8. The molecule has 2 rings (SSSR count). The third-order valence-electron chi connectivity index (χ3n) is 3.08. The van der Waals surface area contributed by atoms with Gasteiger partial charge in [-0.1, -0.05) is 12.6 Å². The number of pyridine rings is 1. The molecule has 0 unspecified atom stereocenters. The maximum Gasteiger partial charge on any atom is 0.416 e. The Labute approximate surface area is 125 Å². The third-order valence-corrected chi connectivity index (χ3v) is 3.08. The van der Waals surface area contributed by atoms with E-state index in [0.717, 1.165) is 18.2 Å². The zero-order valence-corrected chi connectivity index (χ0v) is 11.7. The standard InChI is InChI=1S/C16H13F3N2O/c1-3-14(22)12-5-4-8-20-15(12)21-13-9-11(16(17,18)19)7-6-10(13)2/h3-9H,1H2,2H3,(H,20,21). The number of alkyl halides is 3. The van der Waals surface area contributed by atoms with Gasteiger partial charge in [0.25, 0.3) is 0 Å². The molecular weight excluding hydrogens is 293 g/mol. The summed E-state index contributed by atoms with van der Waals surface area (Å²) in [5, 5.41) is 2.79. The van der Waals surface area contributed by atoms with E-state index in [1.54, 1.807) is 13.0 Å². The van der Waals surface area contributed by atoms with E-state index in [9.17, 15) is 18.0 Å². The lowest BCUT2D eigenvalue weighted by Crippen LogP contribution is -2.08. The predicted octanol–water partition coefficient (Wildman–Crippen LogP) is 4.52. The Hall–Kier alpha value is -2.63. The van der Waals surface area contributed by atoms with Gasteiger partial charge in [-0.15, -0.1) is 0 Å². The Bertz CT molecular complexity index is 724. The molecule has 0 saturated heterocycles. The normalized spacial score (nSPS) is 11.1. The molecule has 0 radical (unpaired) electrons. The SMILES string of the molecule is C=CC(=O)c1cccnc1Nc1cc(C(F)(F)F)ccc1C. The zero-order chi connectivity index (χ0) is 16.3. The van der Waals surface area contributed by atoms with Crippen LogP contribution < -0.4 is 5.32 Å². The molecule has 0 aliphatic rings. The Morgan fingerprint density at radius 1 is 1.32 bits per heavy atom. The van der Waals surface area contributed by atoms with Gasteiger partial charge in [0.05, 0.1) is 11.1 Å². The summed E-state index contributed by atoms with van der Waals surface area (Å²) < 4.78 is 38.4. The smallest absolute Gasteiger partial charge is 0.339 e. The van der Waals surface area contributed by atoms with Crippen LogP contribution in [0.1, 0.15) is 21.5 Å². The van der Waals surface area contributed by atoms with Gasteiger partial charge < -0.3 is 5.32 Å². The maximum absolute atomic E-state index is 12.8. The van der Waals surface area contributed by atoms with Crippen LogP contribution in [0, 0.1) is 6.92 Å². The Balaban J connectivity index is 2.44. The number of nitrogens with one attached hydrogen (secondary N) is 1. The molecule has 0 spiro atoms. The van der Waals surface area contributed by atoms with Gasteiger partial charge in [0, 0.05) is 11.9 Å². The average molecular weight is 306 g/mol. The highest BCUT2D eigenvalue weighted by Crippen LogP contribution is 2.33. The van der Waals surface area contributed by atoms with Crippen LogP contribution in [0.4, 0.5) is 24.7 Å². The van der Waals surface area contributed by atoms with E-state index in [1.807, 2.05) is 0 Å². The van der Waals surface area contributed by atoms with Crippen molar-refractivity contribution in [3.63, 3.8) is 0 Å². The molecule has 1 heterocycles. The number of halogens is 3. The molecule has 0 aliphatic heterocycles. The number of rotatable bonds is 4. The number of hydrogen-bond acceptors (Lipinski definition) is 3. The van der Waals surface area contributed by atoms with Gasteiger partial charge >= 0.3 is 6.18 Å². The topological polar surface area (TPSA) is 42.0 Å². The van der Waals surface area contributed by atoms with Crippen LogP contribution in [-0.2, 0) is 6.18 Å². The molecule has 114 valence electrons. The number of allylic oxidation sites excluding steroid dienone is 1. The molecule has 0 aliphatic carbocycles. The molecule has 0 fully saturated rings. The molecule has 0 amide bonds. The van der Waals surface area contributed by atoms with Crippen molar-refractivity contribution in [3.05, 3.63) is 65.9 Å². The fraction of sp³-hybridized carbons (Fsp3) is 0.125. The van der Waals surface area contributed by atoms with E-state index in [1.165, 1.54) is 18.3 Å². The summed E-state index contributed by atoms with van der Waals surface area (Å²) in [5.41, 5.74) is 0.324. The van der Waals surface area contributed by atoms with Crippen LogP contribution in [-0.4, -0.2) is 10.8 Å². The number of aromatic nitrogens is 1. The van der Waals surface area contributed by atoms with E-state index in [4.69, 9.17) is 0 Å². The van der Waals surface area contributed by atoms with Gasteiger partial charge in [-0.3, -0.25) is 4.79 Å². The number of carbonyl (C=O) groups is 1. The van der Waals surface area contributed by atoms with Gasteiger partial charge in [0.15, 0.2) is 5.78 Å². The van der Waals surface area contributed by atoms with Gasteiger partial charge in [-0.2, -0.15) is 13.2 Å². The highest BCUT2D eigenvalue weighted by molar-refractivity contribution is 6.07. The van der Waals surface area contributed by atoms with Crippen molar-refractivity contribution >= 4 is 17.3 Å². The fourth-order valence-electron chi connectivity index (χ4n) is 1.87. The quantitative estimate of drug-likeness (QED) is 0.667. The molecule has 0 bridgehead atoms. The number of nitrogens with zero attached hydrogens (tertiary/aromatic N) is 1. The second-order valence-corrected chi connectivity index (χ2v) is 4.62. The Morgan fingerprint density at radius 2 is 2.05 bits per heavy atom. The summed E-state index contributed by atoms with van der Waals surface area (Å²) >= 11 is 0. The second-order valence-electron chi connectivity index (χ2n) is 4.62. The molecule has 22 heavy (non-hydrogen) atoms. The molecule has 2 aromatic rings. The van der Waals surface area contributed by atoms with Crippen LogP contribution in [0.3, 0.4) is 0 Å². The lowest BCUT2D eigenvalue weighted by atomic mass is 10.1. The van der Waals surface area contributed by atoms with E-state index >= 15 is 0 Å². The number of hydrogen-bond donors (Lipinski definition) is 1. The largest absolute Gasteiger partial charge is 0.416 e. The molecule has 0 saturated carbocycles. The molecule has 1 N–H and O–H groups in total. The van der Waals surface area contributed by atoms with Gasteiger partial charge in [0.1, 0.15) is 5.82 Å². The first kappa shape index (κ1) is 15.8. The Kier molecular flexibility index (Phi) is 4.30. The Morgan fingerprint density at radius 3 is 2.68 bits per heavy atom. The lowest BCUT2D eigenvalue weighted by Gasteiger charge is -2.14. The van der Waals surface area contributed by atoms with Crippen molar-refractivity contribution in [1.82, 2.24) is 4.98 Å². The summed E-state index contributed by atoms with van der Waals surface area (Å²) in [6.07, 6.45) is -1.86. The summed E-state index contributed by atoms with van der Waals surface area (Å²) in [7, 11) is 0.